The molecule has 0 aromatic carbocycles. The molecule has 1 rings (SSSR count). The fourth-order valence-electron chi connectivity index (χ4n) is 1.38. The van der Waals surface area contributed by atoms with Gasteiger partial charge in [0.2, 0.25) is 0 Å². The van der Waals surface area contributed by atoms with E-state index in [0.717, 1.165) is 18.2 Å². The number of rotatable bonds is 6. The minimum absolute atomic E-state index is 0.336. The van der Waals surface area contributed by atoms with Crippen LogP contribution in [0.15, 0.2) is 6.20 Å². The molecule has 0 amide bonds. The molecule has 4 heteroatoms. The molecule has 3 nitrogen and oxygen atoms in total. The predicted molar refractivity (Wildman–Crippen MR) is 64.3 cm³/mol. The van der Waals surface area contributed by atoms with Crippen LogP contribution < -0.4 is 5.32 Å². The minimum atomic E-state index is 0.336. The number of hydrogen-bond donors (Lipinski definition) is 1. The van der Waals surface area contributed by atoms with Gasteiger partial charge in [0.1, 0.15) is 5.01 Å². The topological polar surface area (TPSA) is 34.1 Å². The fourth-order valence-corrected chi connectivity index (χ4v) is 2.18. The Hall–Kier alpha value is -0.450. The third-order valence-electron chi connectivity index (χ3n) is 2.23. The number of aryl methyl sites for hydroxylation is 1. The van der Waals surface area contributed by atoms with Crippen molar-refractivity contribution in [1.82, 2.24) is 10.3 Å². The number of thiazole rings is 1. The van der Waals surface area contributed by atoms with Gasteiger partial charge in [-0.3, -0.25) is 0 Å². The quantitative estimate of drug-likeness (QED) is 0.811. The van der Waals surface area contributed by atoms with Gasteiger partial charge in [0, 0.05) is 31.3 Å². The number of aromatic nitrogens is 1. The number of ether oxygens (including phenoxy) is 1. The van der Waals surface area contributed by atoms with E-state index in [4.69, 9.17) is 4.74 Å². The van der Waals surface area contributed by atoms with E-state index in [1.54, 1.807) is 18.4 Å². The zero-order valence-electron chi connectivity index (χ0n) is 9.91. The number of nitrogens with zero attached hydrogens (tertiary/aromatic N) is 1. The molecule has 0 aliphatic heterocycles. The van der Waals surface area contributed by atoms with Crippen molar-refractivity contribution in [2.45, 2.75) is 26.8 Å². The zero-order chi connectivity index (χ0) is 11.3. The molecule has 0 bridgehead atoms. The van der Waals surface area contributed by atoms with Gasteiger partial charge < -0.3 is 10.1 Å². The first kappa shape index (κ1) is 12.6. The van der Waals surface area contributed by atoms with E-state index in [1.807, 2.05) is 6.20 Å². The Kier molecular flexibility index (Phi) is 5.22. The second-order valence-corrected chi connectivity index (χ2v) is 5.27. The van der Waals surface area contributed by atoms with Crippen molar-refractivity contribution in [3.63, 3.8) is 0 Å². The highest BCUT2D eigenvalue weighted by atomic mass is 32.1. The first-order valence-corrected chi connectivity index (χ1v) is 6.09. The van der Waals surface area contributed by atoms with E-state index in [9.17, 15) is 0 Å². The number of nitrogens with one attached hydrogen (secondary N) is 1. The zero-order valence-corrected chi connectivity index (χ0v) is 10.7. The highest BCUT2D eigenvalue weighted by Crippen LogP contribution is 2.18. The van der Waals surface area contributed by atoms with Gasteiger partial charge in [0.25, 0.3) is 0 Å². The van der Waals surface area contributed by atoms with E-state index < -0.39 is 0 Å². The molecule has 0 fully saturated rings. The smallest absolute Gasteiger partial charge is 0.109 e. The summed E-state index contributed by atoms with van der Waals surface area (Å²) >= 11 is 1.76. The van der Waals surface area contributed by atoms with Crippen LogP contribution in [0.2, 0.25) is 0 Å². The van der Waals surface area contributed by atoms with Crippen LogP contribution in [0.1, 0.15) is 29.8 Å². The summed E-state index contributed by atoms with van der Waals surface area (Å²) in [7, 11) is 1.74. The van der Waals surface area contributed by atoms with E-state index in [1.165, 1.54) is 4.88 Å². The van der Waals surface area contributed by atoms with E-state index in [-0.39, 0.29) is 0 Å². The molecule has 0 saturated heterocycles. The van der Waals surface area contributed by atoms with Crippen LogP contribution >= 0.6 is 11.3 Å². The van der Waals surface area contributed by atoms with Gasteiger partial charge >= 0.3 is 0 Å². The Bertz CT molecular complexity index is 288. The average Bonchev–Trinajstić information content (AvgIpc) is 2.62. The van der Waals surface area contributed by atoms with Crippen LogP contribution in [0.5, 0.6) is 0 Å². The highest BCUT2D eigenvalue weighted by Gasteiger charge is 2.10. The van der Waals surface area contributed by atoms with E-state index >= 15 is 0 Å². The van der Waals surface area contributed by atoms with Gasteiger partial charge in [-0.2, -0.15) is 0 Å². The molecule has 1 aromatic rings. The maximum atomic E-state index is 5.09. The van der Waals surface area contributed by atoms with Crippen LogP contribution in [0, 0.1) is 12.8 Å². The highest BCUT2D eigenvalue weighted by molar-refractivity contribution is 7.11. The molecule has 2 unspecified atom stereocenters. The summed E-state index contributed by atoms with van der Waals surface area (Å²) in [4.78, 5) is 5.63. The minimum Gasteiger partial charge on any atom is -0.384 e. The lowest BCUT2D eigenvalue weighted by molar-refractivity contribution is 0.157. The lowest BCUT2D eigenvalue weighted by Crippen LogP contribution is -2.26. The number of hydrogen-bond acceptors (Lipinski definition) is 4. The normalized spacial score (nSPS) is 15.2. The van der Waals surface area contributed by atoms with Crippen LogP contribution in [-0.2, 0) is 4.74 Å². The first-order chi connectivity index (χ1) is 7.13. The molecule has 0 spiro atoms. The summed E-state index contributed by atoms with van der Waals surface area (Å²) in [6, 6.07) is 0.336. The third-order valence-corrected chi connectivity index (χ3v) is 3.33. The van der Waals surface area contributed by atoms with Crippen LogP contribution in [0.25, 0.3) is 0 Å². The lowest BCUT2D eigenvalue weighted by atomic mass is 10.2. The predicted octanol–water partition coefficient (Wildman–Crippen LogP) is 2.38. The van der Waals surface area contributed by atoms with Gasteiger partial charge in [0.15, 0.2) is 0 Å². The van der Waals surface area contributed by atoms with Crippen molar-refractivity contribution in [2.24, 2.45) is 5.92 Å². The summed E-state index contributed by atoms with van der Waals surface area (Å²) in [5, 5.41) is 4.63. The largest absolute Gasteiger partial charge is 0.384 e. The van der Waals surface area contributed by atoms with Crippen molar-refractivity contribution in [3.8, 4) is 0 Å². The Morgan fingerprint density at radius 2 is 2.27 bits per heavy atom. The summed E-state index contributed by atoms with van der Waals surface area (Å²) in [5.74, 6) is 0.540. The van der Waals surface area contributed by atoms with Gasteiger partial charge in [0.05, 0.1) is 6.04 Å². The Morgan fingerprint density at radius 1 is 1.53 bits per heavy atom. The SMILES string of the molecule is COCC(C)CNC(C)c1ncc(C)s1. The van der Waals surface area contributed by atoms with Crippen molar-refractivity contribution in [3.05, 3.63) is 16.1 Å². The maximum absolute atomic E-state index is 5.09. The maximum Gasteiger partial charge on any atom is 0.109 e. The van der Waals surface area contributed by atoms with E-state index in [2.05, 4.69) is 31.1 Å². The summed E-state index contributed by atoms with van der Waals surface area (Å²) < 4.78 is 5.09. The summed E-state index contributed by atoms with van der Waals surface area (Å²) in [6.07, 6.45) is 1.93. The van der Waals surface area contributed by atoms with Crippen LogP contribution in [0.3, 0.4) is 0 Å². The summed E-state index contributed by atoms with van der Waals surface area (Å²) in [6.45, 7) is 8.18. The van der Waals surface area contributed by atoms with Gasteiger partial charge in [-0.1, -0.05) is 6.92 Å². The van der Waals surface area contributed by atoms with Crippen molar-refractivity contribution in [2.75, 3.05) is 20.3 Å². The standard InChI is InChI=1S/C11H20N2OS/c1-8(7-14-4)5-12-10(3)11-13-6-9(2)15-11/h6,8,10,12H,5,7H2,1-4H3. The molecular formula is C11H20N2OS. The van der Waals surface area contributed by atoms with Crippen LogP contribution in [-0.4, -0.2) is 25.2 Å². The number of methoxy groups -OCH3 is 1. The summed E-state index contributed by atoms with van der Waals surface area (Å²) in [5.41, 5.74) is 0. The molecule has 15 heavy (non-hydrogen) atoms. The fraction of sp³-hybridized carbons (Fsp3) is 0.727. The van der Waals surface area contributed by atoms with E-state index in [0.29, 0.717) is 12.0 Å². The Balaban J connectivity index is 2.33. The molecule has 0 radical (unpaired) electrons. The molecule has 1 N–H and O–H groups in total. The van der Waals surface area contributed by atoms with Crippen LogP contribution in [0.4, 0.5) is 0 Å². The van der Waals surface area contributed by atoms with Crippen molar-refractivity contribution in [1.29, 1.82) is 0 Å². The lowest BCUT2D eigenvalue weighted by Gasteiger charge is -2.15. The molecule has 0 aliphatic rings. The molecule has 2 atom stereocenters. The molecule has 1 aromatic heterocycles. The monoisotopic (exact) mass is 228 g/mol. The molecule has 0 saturated carbocycles. The average molecular weight is 228 g/mol. The molecule has 0 aliphatic carbocycles. The Morgan fingerprint density at radius 3 is 2.80 bits per heavy atom. The second-order valence-electron chi connectivity index (χ2n) is 4.00. The van der Waals surface area contributed by atoms with Gasteiger partial charge in [-0.05, 0) is 19.8 Å². The van der Waals surface area contributed by atoms with Gasteiger partial charge in [-0.15, -0.1) is 11.3 Å². The molecule has 86 valence electrons. The first-order valence-electron chi connectivity index (χ1n) is 5.28. The van der Waals surface area contributed by atoms with Gasteiger partial charge in [-0.25, -0.2) is 4.98 Å². The molecule has 1 heterocycles. The Labute approximate surface area is 95.9 Å². The second kappa shape index (κ2) is 6.20. The van der Waals surface area contributed by atoms with Crippen molar-refractivity contribution >= 4 is 11.3 Å². The third kappa shape index (κ3) is 4.28. The van der Waals surface area contributed by atoms with Crippen molar-refractivity contribution < 1.29 is 4.74 Å². The molecular weight excluding hydrogens is 208 g/mol.